The fraction of sp³-hybridized carbons (Fsp3) is 0.300. The van der Waals surface area contributed by atoms with Crippen LogP contribution in [0.1, 0.15) is 45.8 Å². The molecule has 182 valence electrons. The second kappa shape index (κ2) is 8.63. The number of amides is 1. The molecule has 2 saturated carbocycles. The number of rotatable bonds is 4. The molecule has 2 aromatic carbocycles. The van der Waals surface area contributed by atoms with Crippen LogP contribution in [0.5, 0.6) is 0 Å². The van der Waals surface area contributed by atoms with Gasteiger partial charge in [-0.25, -0.2) is 0 Å². The maximum absolute atomic E-state index is 13.6. The summed E-state index contributed by atoms with van der Waals surface area (Å²) in [5, 5.41) is 10.1. The average molecular weight is 496 g/mol. The van der Waals surface area contributed by atoms with E-state index in [2.05, 4.69) is 25.9 Å². The fourth-order valence-electron chi connectivity index (χ4n) is 5.85. The molecular weight excluding hydrogens is 466 g/mol. The van der Waals surface area contributed by atoms with E-state index in [0.717, 1.165) is 35.6 Å². The zero-order valence-corrected chi connectivity index (χ0v) is 21.6. The van der Waals surface area contributed by atoms with Gasteiger partial charge in [0.2, 0.25) is 5.17 Å². The summed E-state index contributed by atoms with van der Waals surface area (Å²) >= 11 is 1.34. The van der Waals surface area contributed by atoms with Crippen molar-refractivity contribution in [3.8, 4) is 11.3 Å². The maximum atomic E-state index is 13.6. The first-order valence-electron chi connectivity index (χ1n) is 12.5. The molecule has 2 bridgehead atoms. The van der Waals surface area contributed by atoms with Crippen molar-refractivity contribution in [2.24, 2.45) is 27.0 Å². The van der Waals surface area contributed by atoms with Crippen molar-refractivity contribution >= 4 is 40.3 Å². The number of benzene rings is 2. The second-order valence-electron chi connectivity index (χ2n) is 10.6. The maximum Gasteiger partial charge on any atom is 0.271 e. The van der Waals surface area contributed by atoms with Crippen LogP contribution in [0.25, 0.3) is 17.4 Å². The first-order chi connectivity index (χ1) is 17.4. The molecule has 3 aromatic rings. The highest BCUT2D eigenvalue weighted by Gasteiger charge is 2.60. The van der Waals surface area contributed by atoms with E-state index < -0.39 is 0 Å². The third-order valence-corrected chi connectivity index (χ3v) is 9.51. The minimum Gasteiger partial charge on any atom is -0.457 e. The fourth-order valence-corrected chi connectivity index (χ4v) is 6.76. The molecule has 2 atom stereocenters. The smallest absolute Gasteiger partial charge is 0.271 e. The van der Waals surface area contributed by atoms with Gasteiger partial charge in [0.25, 0.3) is 5.91 Å². The Labute approximate surface area is 216 Å². The van der Waals surface area contributed by atoms with Gasteiger partial charge < -0.3 is 4.42 Å². The minimum atomic E-state index is -0.123. The van der Waals surface area contributed by atoms with Crippen molar-refractivity contribution in [1.29, 1.82) is 0 Å². The highest BCUT2D eigenvalue weighted by Crippen LogP contribution is 2.64. The van der Waals surface area contributed by atoms with E-state index in [1.807, 2.05) is 72.8 Å². The number of nitrogens with zero attached hydrogens (tertiary/aromatic N) is 3. The van der Waals surface area contributed by atoms with Crippen LogP contribution in [0.3, 0.4) is 0 Å². The number of hydrogen-bond acceptors (Lipinski definition) is 5. The zero-order valence-electron chi connectivity index (χ0n) is 20.8. The van der Waals surface area contributed by atoms with Gasteiger partial charge in [0, 0.05) is 22.8 Å². The lowest BCUT2D eigenvalue weighted by Gasteiger charge is -2.34. The third-order valence-electron chi connectivity index (χ3n) is 8.55. The van der Waals surface area contributed by atoms with Crippen LogP contribution >= 0.6 is 11.8 Å². The van der Waals surface area contributed by atoms with Crippen LogP contribution in [0.15, 0.2) is 92.3 Å². The summed E-state index contributed by atoms with van der Waals surface area (Å²) < 4.78 is 6.04. The lowest BCUT2D eigenvalue weighted by Crippen LogP contribution is -2.32. The highest BCUT2D eigenvalue weighted by molar-refractivity contribution is 8.19. The lowest BCUT2D eigenvalue weighted by atomic mass is 9.70. The second-order valence-corrected chi connectivity index (χ2v) is 11.6. The molecule has 6 heteroatoms. The molecule has 3 aliphatic rings. The van der Waals surface area contributed by atoms with E-state index >= 15 is 0 Å². The van der Waals surface area contributed by atoms with Crippen LogP contribution in [0.4, 0.5) is 5.69 Å². The number of thioether (sulfide) groups is 1. The number of amidine groups is 1. The molecule has 0 spiro atoms. The molecule has 5 nitrogen and oxygen atoms in total. The number of furan rings is 1. The summed E-state index contributed by atoms with van der Waals surface area (Å²) in [7, 11) is 0. The Hall–Kier alpha value is -3.38. The van der Waals surface area contributed by atoms with Crippen molar-refractivity contribution < 1.29 is 9.21 Å². The molecule has 0 radical (unpaired) electrons. The predicted molar refractivity (Wildman–Crippen MR) is 148 cm³/mol. The van der Waals surface area contributed by atoms with E-state index in [9.17, 15) is 4.79 Å². The molecule has 2 heterocycles. The normalized spacial score (nSPS) is 28.2. The number of carbonyl (C=O) groups is 1. The Morgan fingerprint density at radius 1 is 0.972 bits per heavy atom. The van der Waals surface area contributed by atoms with Gasteiger partial charge in [0.1, 0.15) is 11.5 Å². The number of para-hydroxylation sites is 1. The zero-order chi connectivity index (χ0) is 24.9. The van der Waals surface area contributed by atoms with Crippen molar-refractivity contribution in [3.63, 3.8) is 0 Å². The minimum absolute atomic E-state index is 0.0628. The van der Waals surface area contributed by atoms with Gasteiger partial charge in [-0.05, 0) is 66.6 Å². The number of hydrogen-bond donors (Lipinski definition) is 0. The van der Waals surface area contributed by atoms with E-state index in [0.29, 0.717) is 21.8 Å². The SMILES string of the molecule is CC12CCC(C/C1=N\N=C1\S/C(=C\c3ccc(-c4ccccc4)o3)C(=O)N1c1ccccc1)C2(C)C. The predicted octanol–water partition coefficient (Wildman–Crippen LogP) is 7.63. The Bertz CT molecular complexity index is 1400. The van der Waals surface area contributed by atoms with E-state index in [-0.39, 0.29) is 16.7 Å². The number of fused-ring (bicyclic) bond motifs is 2. The molecule has 1 amide bonds. The standard InChI is InChI=1S/C30H29N3O2S/c1-29(2)21-16-17-30(29,3)26(18-21)31-32-28-33(22-12-8-5-9-13-22)27(34)25(36-28)19-23-14-15-24(35-23)20-10-6-4-7-11-20/h4-15,19,21H,16-18H2,1-3H3/b25-19-,31-26+,32-28+. The van der Waals surface area contributed by atoms with Gasteiger partial charge >= 0.3 is 0 Å². The van der Waals surface area contributed by atoms with Gasteiger partial charge in [-0.1, -0.05) is 69.3 Å². The lowest BCUT2D eigenvalue weighted by molar-refractivity contribution is -0.113. The van der Waals surface area contributed by atoms with Crippen molar-refractivity contribution in [3.05, 3.63) is 83.5 Å². The summed E-state index contributed by atoms with van der Waals surface area (Å²) in [6.07, 6.45) is 5.19. The molecule has 6 rings (SSSR count). The molecule has 1 aliphatic heterocycles. The van der Waals surface area contributed by atoms with Crippen LogP contribution in [-0.4, -0.2) is 16.8 Å². The van der Waals surface area contributed by atoms with Gasteiger partial charge in [0.05, 0.1) is 10.6 Å². The Kier molecular flexibility index (Phi) is 5.52. The van der Waals surface area contributed by atoms with E-state index in [1.54, 1.807) is 11.0 Å². The molecule has 1 saturated heterocycles. The molecule has 0 N–H and O–H groups in total. The third kappa shape index (κ3) is 3.66. The molecule has 2 aliphatic carbocycles. The van der Waals surface area contributed by atoms with Crippen LogP contribution in [0, 0.1) is 16.7 Å². The first-order valence-corrected chi connectivity index (χ1v) is 13.3. The topological polar surface area (TPSA) is 58.2 Å². The summed E-state index contributed by atoms with van der Waals surface area (Å²) in [5.41, 5.74) is 3.23. The quantitative estimate of drug-likeness (QED) is 0.276. The summed E-state index contributed by atoms with van der Waals surface area (Å²) in [6, 6.07) is 23.4. The van der Waals surface area contributed by atoms with Gasteiger partial charge in [-0.3, -0.25) is 9.69 Å². The van der Waals surface area contributed by atoms with Crippen molar-refractivity contribution in [2.75, 3.05) is 4.90 Å². The molecule has 1 aromatic heterocycles. The van der Waals surface area contributed by atoms with Crippen LogP contribution in [0.2, 0.25) is 0 Å². The first kappa shape index (κ1) is 23.0. The van der Waals surface area contributed by atoms with Gasteiger partial charge in [-0.15, -0.1) is 5.10 Å². The van der Waals surface area contributed by atoms with Crippen molar-refractivity contribution in [1.82, 2.24) is 0 Å². The summed E-state index contributed by atoms with van der Waals surface area (Å²) in [5.74, 6) is 1.93. The van der Waals surface area contributed by atoms with Gasteiger partial charge in [0.15, 0.2) is 0 Å². The Balaban J connectivity index is 1.35. The molecular formula is C30H29N3O2S. The van der Waals surface area contributed by atoms with E-state index in [4.69, 9.17) is 9.52 Å². The largest absolute Gasteiger partial charge is 0.457 e. The highest BCUT2D eigenvalue weighted by atomic mass is 32.2. The summed E-state index contributed by atoms with van der Waals surface area (Å²) in [6.45, 7) is 7.05. The summed E-state index contributed by atoms with van der Waals surface area (Å²) in [4.78, 5) is 15.8. The molecule has 2 unspecified atom stereocenters. The monoisotopic (exact) mass is 495 g/mol. The van der Waals surface area contributed by atoms with Crippen LogP contribution < -0.4 is 4.90 Å². The number of anilines is 1. The Morgan fingerprint density at radius 3 is 2.36 bits per heavy atom. The van der Waals surface area contributed by atoms with Crippen molar-refractivity contribution in [2.45, 2.75) is 40.0 Å². The van der Waals surface area contributed by atoms with E-state index in [1.165, 1.54) is 18.2 Å². The van der Waals surface area contributed by atoms with Gasteiger partial charge in [-0.2, -0.15) is 5.10 Å². The Morgan fingerprint density at radius 2 is 1.69 bits per heavy atom. The molecule has 36 heavy (non-hydrogen) atoms. The number of carbonyl (C=O) groups excluding carboxylic acids is 1. The molecule has 3 fully saturated rings. The van der Waals surface area contributed by atoms with Crippen LogP contribution in [-0.2, 0) is 4.79 Å². The average Bonchev–Trinajstić information content (AvgIpc) is 3.58.